The van der Waals surface area contributed by atoms with Gasteiger partial charge in [-0.05, 0) is 114 Å². The largest absolute Gasteiger partial charge is 3.00 e. The molecule has 4 saturated carbocycles. The predicted molar refractivity (Wildman–Crippen MR) is 188 cm³/mol. The van der Waals surface area contributed by atoms with Crippen molar-refractivity contribution in [2.45, 2.75) is 177 Å². The normalized spacial score (nSPS) is 24.1. The zero-order valence-corrected chi connectivity index (χ0v) is 30.1. The minimum atomic E-state index is -0.100. The summed E-state index contributed by atoms with van der Waals surface area (Å²) < 4.78 is 0. The van der Waals surface area contributed by atoms with Crippen molar-refractivity contribution in [1.82, 2.24) is 0 Å². The molecule has 0 atom stereocenters. The van der Waals surface area contributed by atoms with Crippen molar-refractivity contribution in [2.24, 2.45) is 0 Å². The molecule has 40 heavy (non-hydrogen) atoms. The van der Waals surface area contributed by atoms with Gasteiger partial charge in [-0.1, -0.05) is 83.6 Å². The van der Waals surface area contributed by atoms with Crippen LogP contribution in [0.5, 0.6) is 0 Å². The molecule has 1 radical (unpaired) electrons. The molecule has 0 unspecified atom stereocenters. The molecule has 0 amide bonds. The van der Waals surface area contributed by atoms with Crippen LogP contribution >= 0.6 is 15.8 Å². The van der Waals surface area contributed by atoms with E-state index in [-0.39, 0.29) is 46.7 Å². The van der Waals surface area contributed by atoms with Crippen molar-refractivity contribution >= 4 is 15.8 Å². The van der Waals surface area contributed by atoms with Crippen molar-refractivity contribution in [3.63, 3.8) is 0 Å². The predicted octanol–water partition coefficient (Wildman–Crippen LogP) is 13.0. The third-order valence-electron chi connectivity index (χ3n) is 10.3. The van der Waals surface area contributed by atoms with Crippen LogP contribution in [0.2, 0.25) is 0 Å². The van der Waals surface area contributed by atoms with Crippen molar-refractivity contribution in [2.75, 3.05) is 12.3 Å². The minimum Gasteiger partial charge on any atom is -0.358 e. The van der Waals surface area contributed by atoms with E-state index in [0.717, 1.165) is 0 Å². The Kier molecular flexibility index (Phi) is 25.7. The third-order valence-corrected chi connectivity index (χ3v) is 18.5. The van der Waals surface area contributed by atoms with Gasteiger partial charge in [-0.25, -0.2) is 0 Å². The Morgan fingerprint density at radius 1 is 0.450 bits per heavy atom. The van der Waals surface area contributed by atoms with E-state index in [4.69, 9.17) is 0 Å². The maximum Gasteiger partial charge on any atom is 3.00 e. The molecule has 0 saturated heterocycles. The first-order valence-electron chi connectivity index (χ1n) is 16.8. The molecule has 3 heteroatoms. The zero-order chi connectivity index (χ0) is 24.7. The standard InChI is InChI=1S/C26H48P2.C8H12.3CH3.Ni/c1-5-13-23(14-6-1)27(24-15-7-2-8-16-24)21-22-28(25-17-9-3-10-18-25)26-19-11-4-12-20-26;1-2-4-6-8-7-5-3-1;;;;/h23-26H,1-22H2;1-2,7-8H,3-6H2;3*1H3;/q;;3*-1;+3/p+1/b;2-1-,8-7?;;;;. The Morgan fingerprint density at radius 3 is 1.07 bits per heavy atom. The molecule has 0 heterocycles. The van der Waals surface area contributed by atoms with Crippen LogP contribution in [0, 0.1) is 22.3 Å². The maximum atomic E-state index is 2.27. The van der Waals surface area contributed by atoms with Gasteiger partial charge in [0.1, 0.15) is 0 Å². The quantitative estimate of drug-likeness (QED) is 0.113. The molecule has 0 spiro atoms. The summed E-state index contributed by atoms with van der Waals surface area (Å²) in [5.41, 5.74) is 4.81. The van der Waals surface area contributed by atoms with Crippen LogP contribution in [0.1, 0.15) is 154 Å². The molecule has 0 aromatic heterocycles. The molecular weight excluding hydrogens is 565 g/mol. The summed E-state index contributed by atoms with van der Waals surface area (Å²) in [4.78, 5) is 0. The van der Waals surface area contributed by atoms with Crippen LogP contribution in [0.25, 0.3) is 0 Å². The van der Waals surface area contributed by atoms with Gasteiger partial charge in [0.15, 0.2) is 0 Å². The number of rotatable bonds is 7. The van der Waals surface area contributed by atoms with E-state index < -0.39 is 0 Å². The Morgan fingerprint density at radius 2 is 0.750 bits per heavy atom. The first-order chi connectivity index (χ1) is 17.9. The molecule has 4 fully saturated rings. The topological polar surface area (TPSA) is 0 Å². The molecule has 5 aliphatic carbocycles. The molecule has 5 aliphatic rings. The van der Waals surface area contributed by atoms with Gasteiger partial charge in [-0.2, -0.15) is 0 Å². The Balaban J connectivity index is 0.00000110. The first kappa shape index (κ1) is 40.8. The Labute approximate surface area is 267 Å². The fourth-order valence-electron chi connectivity index (χ4n) is 8.29. The number of hydrogen-bond acceptors (Lipinski definition) is 0. The van der Waals surface area contributed by atoms with Gasteiger partial charge in [0.05, 0.1) is 17.5 Å². The average molecular weight is 636 g/mol. The fraction of sp³-hybridized carbons (Fsp3) is 0.811. The third kappa shape index (κ3) is 14.5. The van der Waals surface area contributed by atoms with E-state index in [0.29, 0.717) is 7.92 Å². The van der Waals surface area contributed by atoms with Crippen LogP contribution in [0.15, 0.2) is 24.3 Å². The summed E-state index contributed by atoms with van der Waals surface area (Å²) in [6.07, 6.45) is 49.3. The Bertz CT molecular complexity index is 506. The fourth-order valence-corrected chi connectivity index (χ4v) is 17.5. The number of allylic oxidation sites excluding steroid dienone is 4. The van der Waals surface area contributed by atoms with Crippen molar-refractivity contribution in [1.29, 1.82) is 0 Å². The summed E-state index contributed by atoms with van der Waals surface area (Å²) in [6.45, 7) is 0. The molecule has 0 aromatic rings. The van der Waals surface area contributed by atoms with Gasteiger partial charge in [0, 0.05) is 14.1 Å². The summed E-state index contributed by atoms with van der Waals surface area (Å²) in [5.74, 6) is 0. The molecule has 5 rings (SSSR count). The molecule has 0 N–H and O–H groups in total. The van der Waals surface area contributed by atoms with E-state index in [1.165, 1.54) is 48.3 Å². The summed E-state index contributed by atoms with van der Waals surface area (Å²) >= 11 is 0. The molecule has 0 aliphatic heterocycles. The van der Waals surface area contributed by atoms with Gasteiger partial charge in [0.2, 0.25) is 0 Å². The van der Waals surface area contributed by atoms with Crippen molar-refractivity contribution in [3.8, 4) is 0 Å². The molecule has 237 valence electrons. The van der Waals surface area contributed by atoms with Gasteiger partial charge < -0.3 is 22.3 Å². The van der Waals surface area contributed by atoms with Crippen LogP contribution < -0.4 is 0 Å². The van der Waals surface area contributed by atoms with Crippen LogP contribution in [0.3, 0.4) is 0 Å². The maximum absolute atomic E-state index is 2.27. The molecule has 0 bridgehead atoms. The second-order valence-electron chi connectivity index (χ2n) is 12.9. The molecule has 0 nitrogen and oxygen atoms in total. The summed E-state index contributed by atoms with van der Waals surface area (Å²) in [7, 11) is 0.254. The van der Waals surface area contributed by atoms with E-state index in [9.17, 15) is 0 Å². The first-order valence-corrected chi connectivity index (χ1v) is 20.4. The SMILES string of the molecule is C1=CCC/C=C\CC1.C1CCC(P(CC[PH+](C2CCCCC2)C2CCCCC2)C2CCCCC2)CC1.[CH3-].[CH3-].[CH3-].[Ni+3]. The second-order valence-corrected chi connectivity index (χ2v) is 19.1. The smallest absolute Gasteiger partial charge is 0.358 e. The van der Waals surface area contributed by atoms with Gasteiger partial charge in [0.25, 0.3) is 0 Å². The van der Waals surface area contributed by atoms with Crippen LogP contribution in [-0.2, 0) is 16.5 Å². The van der Waals surface area contributed by atoms with E-state index in [1.54, 1.807) is 141 Å². The zero-order valence-electron chi connectivity index (χ0n) is 27.3. The molecular formula is C37H70NiP2+. The average Bonchev–Trinajstić information content (AvgIpc) is 2.93. The van der Waals surface area contributed by atoms with Crippen LogP contribution in [0.4, 0.5) is 0 Å². The molecule has 0 aromatic carbocycles. The minimum absolute atomic E-state index is 0. The van der Waals surface area contributed by atoms with Gasteiger partial charge >= 0.3 is 16.5 Å². The van der Waals surface area contributed by atoms with E-state index in [1.807, 2.05) is 0 Å². The second kappa shape index (κ2) is 25.2. The van der Waals surface area contributed by atoms with Gasteiger partial charge in [-0.3, -0.25) is 0 Å². The Hall–Kier alpha value is 0.834. The monoisotopic (exact) mass is 634 g/mol. The number of hydrogen-bond donors (Lipinski definition) is 0. The van der Waals surface area contributed by atoms with Crippen molar-refractivity contribution in [3.05, 3.63) is 46.6 Å². The van der Waals surface area contributed by atoms with Crippen molar-refractivity contribution < 1.29 is 16.5 Å². The van der Waals surface area contributed by atoms with Gasteiger partial charge in [-0.15, -0.1) is 0 Å². The van der Waals surface area contributed by atoms with E-state index >= 15 is 0 Å². The van der Waals surface area contributed by atoms with E-state index in [2.05, 4.69) is 24.3 Å². The summed E-state index contributed by atoms with van der Waals surface area (Å²) in [6, 6.07) is 0. The van der Waals surface area contributed by atoms with Crippen LogP contribution in [-0.4, -0.2) is 35.0 Å². The summed E-state index contributed by atoms with van der Waals surface area (Å²) in [5, 5.41) is 0.